The molecule has 5 nitrogen and oxygen atoms in total. The van der Waals surface area contributed by atoms with E-state index in [1.54, 1.807) is 17.6 Å². The number of furan rings is 1. The summed E-state index contributed by atoms with van der Waals surface area (Å²) < 4.78 is 10.9. The third-order valence-corrected chi connectivity index (χ3v) is 5.88. The molecule has 0 aromatic carbocycles. The molecule has 2 aromatic rings. The van der Waals surface area contributed by atoms with Crippen molar-refractivity contribution in [3.63, 3.8) is 0 Å². The van der Waals surface area contributed by atoms with Crippen LogP contribution in [0.4, 0.5) is 0 Å². The molecular weight excluding hydrogens is 346 g/mol. The predicted molar refractivity (Wildman–Crippen MR) is 107 cm³/mol. The Morgan fingerprint density at radius 2 is 2.23 bits per heavy atom. The molecule has 1 aliphatic rings. The van der Waals surface area contributed by atoms with Gasteiger partial charge in [0, 0.05) is 42.3 Å². The van der Waals surface area contributed by atoms with E-state index in [1.807, 2.05) is 12.1 Å². The van der Waals surface area contributed by atoms with Gasteiger partial charge in [-0.25, -0.2) is 0 Å². The fourth-order valence-electron chi connectivity index (χ4n) is 2.94. The minimum absolute atomic E-state index is 0.0280. The Labute approximate surface area is 159 Å². The molecule has 0 amide bonds. The topological polar surface area (TPSA) is 58.8 Å². The number of nitrogens with zero attached hydrogens (tertiary/aromatic N) is 1. The maximum atomic E-state index is 5.47. The van der Waals surface area contributed by atoms with E-state index in [1.165, 1.54) is 4.88 Å². The fourth-order valence-corrected chi connectivity index (χ4v) is 3.78. The van der Waals surface area contributed by atoms with Gasteiger partial charge in [0.05, 0.1) is 19.4 Å². The highest BCUT2D eigenvalue weighted by Gasteiger charge is 2.22. The molecule has 0 spiro atoms. The third-order valence-electron chi connectivity index (χ3n) is 4.65. The van der Waals surface area contributed by atoms with Crippen LogP contribution >= 0.6 is 11.3 Å². The molecule has 26 heavy (non-hydrogen) atoms. The van der Waals surface area contributed by atoms with Crippen LogP contribution in [0.3, 0.4) is 0 Å². The number of hydrogen-bond donors (Lipinski definition) is 2. The second-order valence-corrected chi connectivity index (χ2v) is 8.34. The molecule has 1 fully saturated rings. The summed E-state index contributed by atoms with van der Waals surface area (Å²) in [5.41, 5.74) is 0.0280. The van der Waals surface area contributed by atoms with Gasteiger partial charge in [-0.1, -0.05) is 19.9 Å². The first-order valence-electron chi connectivity index (χ1n) is 9.30. The Bertz CT molecular complexity index is 659. The van der Waals surface area contributed by atoms with E-state index in [0.717, 1.165) is 57.4 Å². The van der Waals surface area contributed by atoms with Gasteiger partial charge >= 0.3 is 0 Å². The SMILES string of the molecule is CC(C)(CN=C(NCCc1ccco1)NCC1CCOC1)c1cccs1. The highest BCUT2D eigenvalue weighted by atomic mass is 32.1. The summed E-state index contributed by atoms with van der Waals surface area (Å²) in [6.07, 6.45) is 3.67. The van der Waals surface area contributed by atoms with Gasteiger partial charge in [-0.15, -0.1) is 11.3 Å². The Kier molecular flexibility index (Phi) is 6.74. The zero-order valence-electron chi connectivity index (χ0n) is 15.7. The Morgan fingerprint density at radius 1 is 1.31 bits per heavy atom. The van der Waals surface area contributed by atoms with Gasteiger partial charge in [-0.3, -0.25) is 4.99 Å². The van der Waals surface area contributed by atoms with E-state index < -0.39 is 0 Å². The van der Waals surface area contributed by atoms with Gasteiger partial charge in [0.15, 0.2) is 5.96 Å². The second kappa shape index (κ2) is 9.24. The van der Waals surface area contributed by atoms with E-state index >= 15 is 0 Å². The van der Waals surface area contributed by atoms with Gasteiger partial charge in [0.25, 0.3) is 0 Å². The van der Waals surface area contributed by atoms with Gasteiger partial charge < -0.3 is 19.8 Å². The van der Waals surface area contributed by atoms with Crippen molar-refractivity contribution < 1.29 is 9.15 Å². The van der Waals surface area contributed by atoms with Crippen molar-refractivity contribution >= 4 is 17.3 Å². The van der Waals surface area contributed by atoms with Crippen molar-refractivity contribution in [2.24, 2.45) is 10.9 Å². The quantitative estimate of drug-likeness (QED) is 0.548. The summed E-state index contributed by atoms with van der Waals surface area (Å²) in [5.74, 6) is 2.42. The molecule has 1 unspecified atom stereocenters. The normalized spacial score (nSPS) is 18.2. The van der Waals surface area contributed by atoms with Crippen molar-refractivity contribution in [1.29, 1.82) is 0 Å². The van der Waals surface area contributed by atoms with Crippen LogP contribution in [0, 0.1) is 5.92 Å². The number of ether oxygens (including phenoxy) is 1. The van der Waals surface area contributed by atoms with Crippen LogP contribution in [0.15, 0.2) is 45.3 Å². The fraction of sp³-hybridized carbons (Fsp3) is 0.550. The predicted octanol–water partition coefficient (Wildman–Crippen LogP) is 3.43. The van der Waals surface area contributed by atoms with E-state index in [0.29, 0.717) is 5.92 Å². The average molecular weight is 376 g/mol. The van der Waals surface area contributed by atoms with Gasteiger partial charge in [-0.05, 0) is 30.0 Å². The first-order valence-corrected chi connectivity index (χ1v) is 10.2. The van der Waals surface area contributed by atoms with Crippen LogP contribution in [0.2, 0.25) is 0 Å². The molecule has 0 aliphatic carbocycles. The van der Waals surface area contributed by atoms with Gasteiger partial charge in [0.1, 0.15) is 5.76 Å². The molecule has 3 rings (SSSR count). The van der Waals surface area contributed by atoms with Gasteiger partial charge in [0.2, 0.25) is 0 Å². The van der Waals surface area contributed by atoms with E-state index in [2.05, 4.69) is 42.0 Å². The monoisotopic (exact) mass is 375 g/mol. The maximum absolute atomic E-state index is 5.47. The molecule has 1 aliphatic heterocycles. The molecule has 2 N–H and O–H groups in total. The number of guanidine groups is 1. The lowest BCUT2D eigenvalue weighted by Crippen LogP contribution is -2.41. The summed E-state index contributed by atoms with van der Waals surface area (Å²) in [4.78, 5) is 6.22. The molecule has 6 heteroatoms. The van der Waals surface area contributed by atoms with Crippen molar-refractivity contribution in [3.8, 4) is 0 Å². The lowest BCUT2D eigenvalue weighted by molar-refractivity contribution is 0.186. The average Bonchev–Trinajstić information content (AvgIpc) is 3.40. The molecular formula is C20H29N3O2S. The van der Waals surface area contributed by atoms with Crippen molar-refractivity contribution in [2.75, 3.05) is 32.8 Å². The third kappa shape index (κ3) is 5.61. The Balaban J connectivity index is 1.56. The van der Waals surface area contributed by atoms with Crippen LogP contribution < -0.4 is 10.6 Å². The first-order chi connectivity index (χ1) is 12.6. The number of nitrogens with one attached hydrogen (secondary N) is 2. The van der Waals surface area contributed by atoms with E-state index in [-0.39, 0.29) is 5.41 Å². The summed E-state index contributed by atoms with van der Waals surface area (Å²) >= 11 is 1.79. The summed E-state index contributed by atoms with van der Waals surface area (Å²) in [6, 6.07) is 8.22. The lowest BCUT2D eigenvalue weighted by atomic mass is 9.92. The summed E-state index contributed by atoms with van der Waals surface area (Å²) in [6.45, 7) is 8.63. The van der Waals surface area contributed by atoms with Crippen molar-refractivity contribution in [2.45, 2.75) is 32.1 Å². The Morgan fingerprint density at radius 3 is 2.92 bits per heavy atom. The molecule has 0 radical (unpaired) electrons. The van der Waals surface area contributed by atoms with Crippen LogP contribution in [0.1, 0.15) is 30.9 Å². The smallest absolute Gasteiger partial charge is 0.191 e. The highest BCUT2D eigenvalue weighted by Crippen LogP contribution is 2.27. The summed E-state index contributed by atoms with van der Waals surface area (Å²) in [5, 5.41) is 9.06. The Hall–Kier alpha value is -1.79. The number of hydrogen-bond acceptors (Lipinski definition) is 4. The molecule has 3 heterocycles. The number of aliphatic imine (C=N–C) groups is 1. The molecule has 1 atom stereocenters. The van der Waals surface area contributed by atoms with Crippen LogP contribution in [0.5, 0.6) is 0 Å². The minimum atomic E-state index is 0.0280. The first kappa shape index (κ1) is 19.0. The standard InChI is InChI=1S/C20H29N3O2S/c1-20(2,18-6-4-12-26-18)15-23-19(22-13-16-8-11-24-14-16)21-9-7-17-5-3-10-25-17/h3-6,10,12,16H,7-9,11,13-15H2,1-2H3,(H2,21,22,23). The van der Waals surface area contributed by atoms with Crippen LogP contribution in [0.25, 0.3) is 0 Å². The zero-order chi connectivity index (χ0) is 18.2. The van der Waals surface area contributed by atoms with Crippen molar-refractivity contribution in [1.82, 2.24) is 10.6 Å². The molecule has 1 saturated heterocycles. The molecule has 0 saturated carbocycles. The minimum Gasteiger partial charge on any atom is -0.469 e. The van der Waals surface area contributed by atoms with Crippen LogP contribution in [-0.2, 0) is 16.6 Å². The van der Waals surface area contributed by atoms with Gasteiger partial charge in [-0.2, -0.15) is 0 Å². The molecule has 2 aromatic heterocycles. The summed E-state index contributed by atoms with van der Waals surface area (Å²) in [7, 11) is 0. The number of rotatable bonds is 8. The van der Waals surface area contributed by atoms with Crippen LogP contribution in [-0.4, -0.2) is 38.8 Å². The maximum Gasteiger partial charge on any atom is 0.191 e. The number of thiophene rings is 1. The highest BCUT2D eigenvalue weighted by molar-refractivity contribution is 7.10. The van der Waals surface area contributed by atoms with Crippen molar-refractivity contribution in [3.05, 3.63) is 46.5 Å². The molecule has 142 valence electrons. The second-order valence-electron chi connectivity index (χ2n) is 7.39. The zero-order valence-corrected chi connectivity index (χ0v) is 16.5. The molecule has 0 bridgehead atoms. The van der Waals surface area contributed by atoms with E-state index in [4.69, 9.17) is 14.1 Å². The largest absolute Gasteiger partial charge is 0.469 e. The van der Waals surface area contributed by atoms with E-state index in [9.17, 15) is 0 Å². The lowest BCUT2D eigenvalue weighted by Gasteiger charge is -2.22.